The first-order valence-corrected chi connectivity index (χ1v) is 7.31. The van der Waals surface area contributed by atoms with Crippen molar-refractivity contribution in [3.05, 3.63) is 0 Å². The molecule has 1 saturated carbocycles. The van der Waals surface area contributed by atoms with E-state index in [0.29, 0.717) is 5.41 Å². The molecule has 0 atom stereocenters. The smallest absolute Gasteiger partial charge is 0.191 e. The summed E-state index contributed by atoms with van der Waals surface area (Å²) in [6.45, 7) is 5.12. The van der Waals surface area contributed by atoms with E-state index in [1.54, 1.807) is 0 Å². The van der Waals surface area contributed by atoms with Gasteiger partial charge in [0, 0.05) is 19.6 Å². The molecule has 0 aromatic heterocycles. The van der Waals surface area contributed by atoms with E-state index in [-0.39, 0.29) is 0 Å². The van der Waals surface area contributed by atoms with Gasteiger partial charge in [-0.25, -0.2) is 0 Å². The van der Waals surface area contributed by atoms with Gasteiger partial charge in [0.1, 0.15) is 0 Å². The molecule has 1 aliphatic carbocycles. The van der Waals surface area contributed by atoms with Crippen LogP contribution in [0.2, 0.25) is 0 Å². The molecule has 0 unspecified atom stereocenters. The third-order valence-corrected chi connectivity index (χ3v) is 4.47. The van der Waals surface area contributed by atoms with Gasteiger partial charge in [0.05, 0.1) is 0 Å². The third-order valence-electron chi connectivity index (χ3n) is 4.47. The van der Waals surface area contributed by atoms with Crippen molar-refractivity contribution in [2.75, 3.05) is 19.6 Å². The fourth-order valence-corrected chi connectivity index (χ4v) is 3.55. The highest BCUT2D eigenvalue weighted by atomic mass is 15.3. The minimum absolute atomic E-state index is 0.558. The molecule has 3 heteroatoms. The quantitative estimate of drug-likeness (QED) is 0.563. The van der Waals surface area contributed by atoms with E-state index >= 15 is 0 Å². The number of rotatable bonds is 1. The van der Waals surface area contributed by atoms with Crippen LogP contribution in [0.1, 0.15) is 58.3 Å². The van der Waals surface area contributed by atoms with Crippen LogP contribution in [0.3, 0.4) is 0 Å². The molecule has 0 aromatic rings. The number of hydrogen-bond donors (Lipinski definition) is 1. The Labute approximate surface area is 105 Å². The highest BCUT2D eigenvalue weighted by Crippen LogP contribution is 2.41. The van der Waals surface area contributed by atoms with Gasteiger partial charge in [-0.05, 0) is 38.0 Å². The van der Waals surface area contributed by atoms with Gasteiger partial charge in [-0.1, -0.05) is 25.7 Å². The van der Waals surface area contributed by atoms with Crippen LogP contribution in [0.15, 0.2) is 4.99 Å². The highest BCUT2D eigenvalue weighted by Gasteiger charge is 2.36. The maximum absolute atomic E-state index is 6.06. The molecular weight excluding hydrogens is 210 g/mol. The average Bonchev–Trinajstić information content (AvgIpc) is 2.55. The van der Waals surface area contributed by atoms with Crippen LogP contribution in [-0.2, 0) is 0 Å². The Kier molecular flexibility index (Phi) is 4.30. The fourth-order valence-electron chi connectivity index (χ4n) is 3.55. The summed E-state index contributed by atoms with van der Waals surface area (Å²) in [5, 5.41) is 0. The molecule has 0 radical (unpaired) electrons. The zero-order valence-corrected chi connectivity index (χ0v) is 11.2. The third kappa shape index (κ3) is 3.14. The number of nitrogens with zero attached hydrogens (tertiary/aromatic N) is 2. The molecule has 1 aliphatic heterocycles. The molecule has 0 aromatic carbocycles. The lowest BCUT2D eigenvalue weighted by Crippen LogP contribution is -2.48. The Morgan fingerprint density at radius 2 is 1.76 bits per heavy atom. The Morgan fingerprint density at radius 3 is 2.41 bits per heavy atom. The first-order chi connectivity index (χ1) is 8.26. The zero-order valence-electron chi connectivity index (χ0n) is 11.2. The molecule has 2 N–H and O–H groups in total. The molecular formula is C14H27N3. The van der Waals surface area contributed by atoms with Crippen molar-refractivity contribution in [1.82, 2.24) is 4.90 Å². The summed E-state index contributed by atoms with van der Waals surface area (Å²) in [6, 6.07) is 0. The largest absolute Gasteiger partial charge is 0.370 e. The van der Waals surface area contributed by atoms with E-state index in [0.717, 1.165) is 25.6 Å². The lowest BCUT2D eigenvalue weighted by molar-refractivity contribution is 0.117. The summed E-state index contributed by atoms with van der Waals surface area (Å²) in [5.74, 6) is 0.774. The van der Waals surface area contributed by atoms with E-state index in [2.05, 4.69) is 16.8 Å². The number of guanidine groups is 1. The average molecular weight is 237 g/mol. The van der Waals surface area contributed by atoms with Crippen LogP contribution in [0.25, 0.3) is 0 Å². The van der Waals surface area contributed by atoms with Gasteiger partial charge >= 0.3 is 0 Å². The molecule has 2 aliphatic rings. The number of hydrogen-bond acceptors (Lipinski definition) is 1. The highest BCUT2D eigenvalue weighted by molar-refractivity contribution is 5.78. The number of nitrogens with two attached hydrogens (primary N) is 1. The van der Waals surface area contributed by atoms with E-state index in [1.807, 2.05) is 0 Å². The molecule has 98 valence electrons. The number of aliphatic imine (C=N–C) groups is 1. The molecule has 1 saturated heterocycles. The van der Waals surface area contributed by atoms with Gasteiger partial charge in [0.15, 0.2) is 5.96 Å². The first-order valence-electron chi connectivity index (χ1n) is 7.31. The van der Waals surface area contributed by atoms with Gasteiger partial charge in [-0.2, -0.15) is 0 Å². The summed E-state index contributed by atoms with van der Waals surface area (Å²) < 4.78 is 0. The summed E-state index contributed by atoms with van der Waals surface area (Å²) in [6.07, 6.45) is 11.2. The maximum atomic E-state index is 6.06. The van der Waals surface area contributed by atoms with Crippen LogP contribution in [0.5, 0.6) is 0 Å². The summed E-state index contributed by atoms with van der Waals surface area (Å²) >= 11 is 0. The van der Waals surface area contributed by atoms with Gasteiger partial charge in [-0.3, -0.25) is 4.99 Å². The van der Waals surface area contributed by atoms with Gasteiger partial charge < -0.3 is 10.6 Å². The Morgan fingerprint density at radius 1 is 1.12 bits per heavy atom. The van der Waals surface area contributed by atoms with Crippen molar-refractivity contribution >= 4 is 5.96 Å². The second-order valence-corrected chi connectivity index (χ2v) is 5.77. The van der Waals surface area contributed by atoms with E-state index < -0.39 is 0 Å². The Bertz CT molecular complexity index is 265. The lowest BCUT2D eigenvalue weighted by atomic mass is 9.74. The fraction of sp³-hybridized carbons (Fsp3) is 0.929. The van der Waals surface area contributed by atoms with E-state index in [4.69, 9.17) is 5.73 Å². The van der Waals surface area contributed by atoms with Crippen LogP contribution in [0, 0.1) is 5.41 Å². The lowest BCUT2D eigenvalue weighted by Gasteiger charge is -2.43. The molecule has 3 nitrogen and oxygen atoms in total. The zero-order chi connectivity index (χ0) is 12.1. The standard InChI is InChI=1S/C14H27N3/c1-2-16-13(15)17-11-7-10-14(12-17)8-5-3-4-6-9-14/h2-12H2,1H3,(H2,15,16). The molecule has 1 spiro atoms. The minimum Gasteiger partial charge on any atom is -0.370 e. The molecule has 2 rings (SSSR count). The van der Waals surface area contributed by atoms with Crippen LogP contribution in [0.4, 0.5) is 0 Å². The van der Waals surface area contributed by atoms with Crippen molar-refractivity contribution in [3.63, 3.8) is 0 Å². The maximum Gasteiger partial charge on any atom is 0.191 e. The number of piperidine rings is 1. The minimum atomic E-state index is 0.558. The summed E-state index contributed by atoms with van der Waals surface area (Å²) in [5.41, 5.74) is 6.62. The second kappa shape index (κ2) is 5.74. The normalized spacial score (nSPS) is 25.9. The predicted octanol–water partition coefficient (Wildman–Crippen LogP) is 2.76. The molecule has 2 fully saturated rings. The van der Waals surface area contributed by atoms with E-state index in [1.165, 1.54) is 51.4 Å². The first kappa shape index (κ1) is 12.7. The Balaban J connectivity index is 2.02. The topological polar surface area (TPSA) is 41.6 Å². The van der Waals surface area contributed by atoms with Crippen molar-refractivity contribution in [3.8, 4) is 0 Å². The van der Waals surface area contributed by atoms with Crippen LogP contribution >= 0.6 is 0 Å². The molecule has 1 heterocycles. The second-order valence-electron chi connectivity index (χ2n) is 5.77. The van der Waals surface area contributed by atoms with Crippen LogP contribution < -0.4 is 5.73 Å². The molecule has 0 amide bonds. The van der Waals surface area contributed by atoms with Crippen molar-refractivity contribution in [2.24, 2.45) is 16.1 Å². The predicted molar refractivity (Wildman–Crippen MR) is 73.1 cm³/mol. The Hall–Kier alpha value is -0.730. The molecule has 0 bridgehead atoms. The summed E-state index contributed by atoms with van der Waals surface area (Å²) in [7, 11) is 0. The SMILES string of the molecule is CCN=C(N)N1CCCC2(CCCCCC2)C1. The van der Waals surface area contributed by atoms with Gasteiger partial charge in [0.25, 0.3) is 0 Å². The van der Waals surface area contributed by atoms with Gasteiger partial charge in [0.2, 0.25) is 0 Å². The molecule has 17 heavy (non-hydrogen) atoms. The number of likely N-dealkylation sites (tertiary alicyclic amines) is 1. The van der Waals surface area contributed by atoms with Crippen LogP contribution in [-0.4, -0.2) is 30.5 Å². The van der Waals surface area contributed by atoms with Gasteiger partial charge in [-0.15, -0.1) is 0 Å². The van der Waals surface area contributed by atoms with Crippen molar-refractivity contribution < 1.29 is 0 Å². The monoisotopic (exact) mass is 237 g/mol. The summed E-state index contributed by atoms with van der Waals surface area (Å²) in [4.78, 5) is 6.70. The van der Waals surface area contributed by atoms with E-state index in [9.17, 15) is 0 Å². The van der Waals surface area contributed by atoms with Crippen molar-refractivity contribution in [2.45, 2.75) is 58.3 Å². The van der Waals surface area contributed by atoms with Crippen molar-refractivity contribution in [1.29, 1.82) is 0 Å².